The Bertz CT molecular complexity index is 92.6. The van der Waals surface area contributed by atoms with E-state index in [0.29, 0.717) is 5.71 Å². The minimum Gasteiger partial charge on any atom is -0.183 e. The highest BCUT2D eigenvalue weighted by Crippen LogP contribution is 1.66. The second-order valence-electron chi connectivity index (χ2n) is 0.853. The van der Waals surface area contributed by atoms with E-state index < -0.39 is 0 Å². The molecule has 0 saturated carbocycles. The Kier molecular flexibility index (Phi) is 2.06. The van der Waals surface area contributed by atoms with Crippen molar-refractivity contribution in [1.29, 1.82) is 5.26 Å². The molecule has 0 spiro atoms. The molecule has 0 bridgehead atoms. The van der Waals surface area contributed by atoms with E-state index in [0.717, 1.165) is 0 Å². The third kappa shape index (κ3) is 3.16. The van der Waals surface area contributed by atoms with E-state index >= 15 is 0 Å². The smallest absolute Gasteiger partial charge is 0.183 e. The molecule has 0 fully saturated rings. The van der Waals surface area contributed by atoms with E-state index in [1.54, 1.807) is 6.92 Å². The van der Waals surface area contributed by atoms with Gasteiger partial charge in [-0.2, -0.15) is 10.3 Å². The summed E-state index contributed by atoms with van der Waals surface area (Å²) in [7, 11) is 0. The second kappa shape index (κ2) is 2.40. The number of rotatable bonds is 0. The predicted molar refractivity (Wildman–Crippen MR) is 23.0 cm³/mol. The second-order valence-corrected chi connectivity index (χ2v) is 0.853. The lowest BCUT2D eigenvalue weighted by Gasteiger charge is -1.69. The molecule has 2 nitrogen and oxygen atoms in total. The molecule has 0 aliphatic carbocycles. The summed E-state index contributed by atoms with van der Waals surface area (Å²) in [6, 6.07) is 0. The van der Waals surface area contributed by atoms with Gasteiger partial charge in [-0.25, -0.2) is 0 Å². The number of hydrogen-bond acceptors (Lipinski definition) is 2. The van der Waals surface area contributed by atoms with Gasteiger partial charge in [0.25, 0.3) is 0 Å². The number of aliphatic imine (C=N–C) groups is 1. The molecule has 0 aromatic carbocycles. The molecular formula is C4H4N2. The topological polar surface area (TPSA) is 36.1 Å². The van der Waals surface area contributed by atoms with Crippen LogP contribution in [0.4, 0.5) is 0 Å². The minimum absolute atomic E-state index is 0.303. The summed E-state index contributed by atoms with van der Waals surface area (Å²) in [5, 5.41) is 7.72. The third-order valence-electron chi connectivity index (χ3n) is 0.226. The molecule has 0 unspecified atom stereocenters. The van der Waals surface area contributed by atoms with Crippen LogP contribution in [0.25, 0.3) is 0 Å². The molecule has 0 rings (SSSR count). The summed E-state index contributed by atoms with van der Waals surface area (Å²) in [6.07, 6.45) is 1.53. The van der Waals surface area contributed by atoms with Crippen molar-refractivity contribution in [2.75, 3.05) is 0 Å². The zero-order valence-electron chi connectivity index (χ0n) is 3.47. The van der Waals surface area contributed by atoms with Crippen LogP contribution in [0.2, 0.25) is 0 Å². The lowest BCUT2D eigenvalue weighted by molar-refractivity contribution is 1.43. The third-order valence-corrected chi connectivity index (χ3v) is 0.226. The van der Waals surface area contributed by atoms with Gasteiger partial charge < -0.3 is 0 Å². The molecule has 0 N–H and O–H groups in total. The molecule has 0 aliphatic rings. The normalized spacial score (nSPS) is 10.5. The van der Waals surface area contributed by atoms with Crippen LogP contribution in [0, 0.1) is 18.4 Å². The van der Waals surface area contributed by atoms with Crippen LogP contribution >= 0.6 is 0 Å². The summed E-state index contributed by atoms with van der Waals surface area (Å²) < 4.78 is 0. The monoisotopic (exact) mass is 80.0 g/mol. The summed E-state index contributed by atoms with van der Waals surface area (Å²) >= 11 is 0. The first kappa shape index (κ1) is 5.16. The fraction of sp³-hybridized carbons (Fsp3) is 0.250. The SMILES string of the molecule is [CH]C(C)=NC#N. The van der Waals surface area contributed by atoms with E-state index in [9.17, 15) is 0 Å². The number of nitrogens with zero attached hydrogens (tertiary/aromatic N) is 2. The van der Waals surface area contributed by atoms with Crippen molar-refractivity contribution in [3.63, 3.8) is 0 Å². The maximum Gasteiger partial charge on any atom is 0.205 e. The number of hydrogen-bond donors (Lipinski definition) is 0. The average molecular weight is 80.1 g/mol. The highest BCUT2D eigenvalue weighted by atomic mass is 14.7. The van der Waals surface area contributed by atoms with E-state index in [2.05, 4.69) is 4.99 Å². The van der Waals surface area contributed by atoms with Crippen LogP contribution in [0.3, 0.4) is 0 Å². The molecule has 0 aromatic rings. The van der Waals surface area contributed by atoms with Gasteiger partial charge in [0.1, 0.15) is 0 Å². The van der Waals surface area contributed by atoms with Crippen molar-refractivity contribution in [2.45, 2.75) is 6.92 Å². The Morgan fingerprint density at radius 3 is 2.50 bits per heavy atom. The predicted octanol–water partition coefficient (Wildman–Crippen LogP) is 0.639. The maximum absolute atomic E-state index is 7.72. The Labute approximate surface area is 37.1 Å². The molecule has 0 amide bonds. The highest BCUT2D eigenvalue weighted by Gasteiger charge is 1.68. The summed E-state index contributed by atoms with van der Waals surface area (Å²) in [5.41, 5.74) is 0.303. The van der Waals surface area contributed by atoms with Crippen LogP contribution in [0.1, 0.15) is 6.92 Å². The zero-order valence-corrected chi connectivity index (χ0v) is 3.47. The zero-order chi connectivity index (χ0) is 4.99. The number of nitriles is 1. The average Bonchev–Trinajstić information content (AvgIpc) is 1.35. The van der Waals surface area contributed by atoms with Crippen LogP contribution in [-0.4, -0.2) is 5.71 Å². The summed E-state index contributed by atoms with van der Waals surface area (Å²) in [5.74, 6) is 0. The van der Waals surface area contributed by atoms with Crippen molar-refractivity contribution >= 4 is 5.71 Å². The van der Waals surface area contributed by atoms with Gasteiger partial charge in [0, 0.05) is 12.6 Å². The fourth-order valence-electron chi connectivity index (χ4n) is 0.0789. The first-order valence-corrected chi connectivity index (χ1v) is 1.46. The first-order chi connectivity index (χ1) is 2.77. The standard InChI is InChI=1S/C4H4N2/c1-4(2)6-3-5/h1H,2H3. The molecule has 0 atom stereocenters. The Morgan fingerprint density at radius 2 is 2.50 bits per heavy atom. The largest absolute Gasteiger partial charge is 0.205 e. The van der Waals surface area contributed by atoms with Crippen molar-refractivity contribution in [3.05, 3.63) is 6.92 Å². The molecule has 2 heteroatoms. The molecule has 2 radical (unpaired) electrons. The van der Waals surface area contributed by atoms with Crippen LogP contribution in [0.5, 0.6) is 0 Å². The molecular weight excluding hydrogens is 76.1 g/mol. The van der Waals surface area contributed by atoms with Gasteiger partial charge in [0.05, 0.1) is 0 Å². The minimum atomic E-state index is 0.303. The van der Waals surface area contributed by atoms with Gasteiger partial charge in [-0.05, 0) is 6.92 Å². The molecule has 0 heterocycles. The van der Waals surface area contributed by atoms with Gasteiger partial charge >= 0.3 is 0 Å². The van der Waals surface area contributed by atoms with E-state index in [1.165, 1.54) is 6.19 Å². The van der Waals surface area contributed by atoms with Crippen LogP contribution in [-0.2, 0) is 0 Å². The molecule has 0 aromatic heterocycles. The van der Waals surface area contributed by atoms with Gasteiger partial charge in [-0.1, -0.05) is 0 Å². The molecule has 6 heavy (non-hydrogen) atoms. The van der Waals surface area contributed by atoms with Crippen molar-refractivity contribution in [2.24, 2.45) is 4.99 Å². The van der Waals surface area contributed by atoms with E-state index in [1.807, 2.05) is 0 Å². The highest BCUT2D eigenvalue weighted by molar-refractivity contribution is 5.86. The van der Waals surface area contributed by atoms with Gasteiger partial charge in [0.15, 0.2) is 0 Å². The van der Waals surface area contributed by atoms with Crippen LogP contribution in [0.15, 0.2) is 4.99 Å². The lowest BCUT2D eigenvalue weighted by Crippen LogP contribution is -1.74. The quantitative estimate of drug-likeness (QED) is 0.310. The van der Waals surface area contributed by atoms with Crippen molar-refractivity contribution in [1.82, 2.24) is 0 Å². The summed E-state index contributed by atoms with van der Waals surface area (Å²) in [4.78, 5) is 3.12. The Balaban J connectivity index is 3.51. The van der Waals surface area contributed by atoms with Gasteiger partial charge in [-0.15, -0.1) is 0 Å². The summed E-state index contributed by atoms with van der Waals surface area (Å²) in [6.45, 7) is 6.49. The van der Waals surface area contributed by atoms with E-state index in [-0.39, 0.29) is 0 Å². The molecule has 30 valence electrons. The van der Waals surface area contributed by atoms with Crippen molar-refractivity contribution < 1.29 is 0 Å². The van der Waals surface area contributed by atoms with Crippen molar-refractivity contribution in [3.8, 4) is 6.19 Å². The lowest BCUT2D eigenvalue weighted by atomic mass is 10.5. The fourth-order valence-corrected chi connectivity index (χ4v) is 0.0789. The molecule has 0 aliphatic heterocycles. The Morgan fingerprint density at radius 1 is 2.00 bits per heavy atom. The first-order valence-electron chi connectivity index (χ1n) is 1.46. The maximum atomic E-state index is 7.72. The van der Waals surface area contributed by atoms with Crippen LogP contribution < -0.4 is 0 Å². The van der Waals surface area contributed by atoms with Gasteiger partial charge in [-0.3, -0.25) is 0 Å². The van der Waals surface area contributed by atoms with E-state index in [4.69, 9.17) is 12.2 Å². The molecule has 0 saturated heterocycles. The Hall–Kier alpha value is -0.840. The van der Waals surface area contributed by atoms with Gasteiger partial charge in [0.2, 0.25) is 6.19 Å².